The average Bonchev–Trinajstić information content (AvgIpc) is 2.48. The predicted octanol–water partition coefficient (Wildman–Crippen LogP) is 2.74. The molecule has 0 bridgehead atoms. The van der Waals surface area contributed by atoms with Crippen molar-refractivity contribution in [3.8, 4) is 5.75 Å². The van der Waals surface area contributed by atoms with Crippen LogP contribution in [0.2, 0.25) is 0 Å². The number of carbonyl (C=O) groups is 1. The maximum Gasteiger partial charge on any atom is 0.237 e. The van der Waals surface area contributed by atoms with Gasteiger partial charge in [0.1, 0.15) is 5.75 Å². The molecule has 21 heavy (non-hydrogen) atoms. The maximum atomic E-state index is 12.3. The van der Waals surface area contributed by atoms with Gasteiger partial charge in [-0.1, -0.05) is 24.1 Å². The number of aryl methyl sites for hydroxylation is 1. The molecule has 1 heterocycles. The Balaban J connectivity index is 0.00000220. The summed E-state index contributed by atoms with van der Waals surface area (Å²) < 4.78 is 5.38. The van der Waals surface area contributed by atoms with Crippen molar-refractivity contribution in [2.75, 3.05) is 13.7 Å². The fourth-order valence-corrected chi connectivity index (χ4v) is 2.66. The molecule has 1 aliphatic heterocycles. The van der Waals surface area contributed by atoms with Crippen LogP contribution in [-0.4, -0.2) is 25.6 Å². The van der Waals surface area contributed by atoms with E-state index in [-0.39, 0.29) is 30.4 Å². The van der Waals surface area contributed by atoms with E-state index in [0.717, 1.165) is 42.7 Å². The van der Waals surface area contributed by atoms with Gasteiger partial charge < -0.3 is 15.4 Å². The second kappa shape index (κ2) is 8.25. The number of halogens is 1. The molecule has 1 saturated heterocycles. The van der Waals surface area contributed by atoms with Gasteiger partial charge in [-0.25, -0.2) is 0 Å². The van der Waals surface area contributed by atoms with E-state index >= 15 is 0 Å². The molecule has 1 unspecified atom stereocenters. The number of piperidine rings is 1. The zero-order valence-corrected chi connectivity index (χ0v) is 13.8. The number of rotatable bonds is 4. The Morgan fingerprint density at radius 1 is 1.43 bits per heavy atom. The number of ether oxygens (including phenoxy) is 1. The van der Waals surface area contributed by atoms with Crippen molar-refractivity contribution < 1.29 is 9.53 Å². The van der Waals surface area contributed by atoms with Crippen LogP contribution in [0, 0.1) is 6.92 Å². The lowest BCUT2D eigenvalue weighted by Crippen LogP contribution is -2.47. The monoisotopic (exact) mass is 312 g/mol. The van der Waals surface area contributed by atoms with E-state index < -0.39 is 0 Å². The second-order valence-electron chi connectivity index (χ2n) is 5.48. The normalized spacial score (nSPS) is 19.3. The average molecular weight is 313 g/mol. The molecule has 0 saturated carbocycles. The van der Waals surface area contributed by atoms with Crippen LogP contribution in [0.15, 0.2) is 18.2 Å². The Morgan fingerprint density at radius 2 is 2.19 bits per heavy atom. The predicted molar refractivity (Wildman–Crippen MR) is 87.2 cm³/mol. The van der Waals surface area contributed by atoms with E-state index in [9.17, 15) is 4.79 Å². The van der Waals surface area contributed by atoms with Crippen molar-refractivity contribution in [3.05, 3.63) is 29.3 Å². The van der Waals surface area contributed by atoms with Gasteiger partial charge in [-0.15, -0.1) is 12.4 Å². The summed E-state index contributed by atoms with van der Waals surface area (Å²) in [6.07, 6.45) is 3.20. The number of benzene rings is 1. The molecule has 118 valence electrons. The fraction of sp³-hybridized carbons (Fsp3) is 0.562. The summed E-state index contributed by atoms with van der Waals surface area (Å²) >= 11 is 0. The summed E-state index contributed by atoms with van der Waals surface area (Å²) in [6.45, 7) is 4.97. The molecule has 4 nitrogen and oxygen atoms in total. The van der Waals surface area contributed by atoms with Crippen LogP contribution >= 0.6 is 12.4 Å². The highest BCUT2D eigenvalue weighted by molar-refractivity contribution is 5.85. The summed E-state index contributed by atoms with van der Waals surface area (Å²) in [6, 6.07) is 5.92. The molecular formula is C16H25ClN2O2. The first-order valence-corrected chi connectivity index (χ1v) is 7.30. The number of hydrogen-bond acceptors (Lipinski definition) is 3. The summed E-state index contributed by atoms with van der Waals surface area (Å²) in [5.41, 5.74) is 2.19. The molecular weight excluding hydrogens is 288 g/mol. The van der Waals surface area contributed by atoms with Crippen LogP contribution in [0.5, 0.6) is 5.75 Å². The van der Waals surface area contributed by atoms with Gasteiger partial charge in [0, 0.05) is 5.56 Å². The third kappa shape index (κ3) is 4.61. The van der Waals surface area contributed by atoms with Gasteiger partial charge in [0.2, 0.25) is 5.91 Å². The summed E-state index contributed by atoms with van der Waals surface area (Å²) in [4.78, 5) is 12.3. The molecule has 1 aliphatic rings. The van der Waals surface area contributed by atoms with Gasteiger partial charge in [0.05, 0.1) is 19.2 Å². The van der Waals surface area contributed by atoms with Crippen molar-refractivity contribution in [2.24, 2.45) is 0 Å². The molecule has 1 aromatic carbocycles. The number of methoxy groups -OCH3 is 1. The van der Waals surface area contributed by atoms with Crippen LogP contribution in [0.1, 0.15) is 43.4 Å². The highest BCUT2D eigenvalue weighted by Gasteiger charge is 2.23. The molecule has 2 N–H and O–H groups in total. The lowest BCUT2D eigenvalue weighted by Gasteiger charge is -2.25. The Kier molecular flexibility index (Phi) is 6.99. The van der Waals surface area contributed by atoms with Crippen molar-refractivity contribution in [3.63, 3.8) is 0 Å². The van der Waals surface area contributed by atoms with E-state index in [4.69, 9.17) is 4.74 Å². The molecule has 1 aromatic rings. The van der Waals surface area contributed by atoms with Crippen LogP contribution in [0.4, 0.5) is 0 Å². The minimum Gasteiger partial charge on any atom is -0.496 e. The van der Waals surface area contributed by atoms with Crippen LogP contribution in [-0.2, 0) is 4.79 Å². The molecule has 2 rings (SSSR count). The number of amides is 1. The summed E-state index contributed by atoms with van der Waals surface area (Å²) in [5.74, 6) is 0.903. The number of hydrogen-bond donors (Lipinski definition) is 2. The smallest absolute Gasteiger partial charge is 0.237 e. The van der Waals surface area contributed by atoms with E-state index in [1.165, 1.54) is 0 Å². The Morgan fingerprint density at radius 3 is 2.81 bits per heavy atom. The van der Waals surface area contributed by atoms with Gasteiger partial charge in [-0.05, 0) is 39.3 Å². The van der Waals surface area contributed by atoms with Gasteiger partial charge in [0.25, 0.3) is 0 Å². The molecule has 5 heteroatoms. The number of carbonyl (C=O) groups excluding carboxylic acids is 1. The van der Waals surface area contributed by atoms with Gasteiger partial charge in [-0.2, -0.15) is 0 Å². The van der Waals surface area contributed by atoms with Crippen molar-refractivity contribution >= 4 is 18.3 Å². The lowest BCUT2D eigenvalue weighted by atomic mass is 10.0. The highest BCUT2D eigenvalue weighted by atomic mass is 35.5. The van der Waals surface area contributed by atoms with E-state index in [2.05, 4.69) is 16.7 Å². The molecule has 2 atom stereocenters. The van der Waals surface area contributed by atoms with Gasteiger partial charge >= 0.3 is 0 Å². The molecule has 1 amide bonds. The molecule has 0 spiro atoms. The summed E-state index contributed by atoms with van der Waals surface area (Å²) in [5, 5.41) is 6.36. The molecule has 0 aromatic heterocycles. The van der Waals surface area contributed by atoms with Crippen LogP contribution in [0.25, 0.3) is 0 Å². The quantitative estimate of drug-likeness (QED) is 0.899. The minimum atomic E-state index is -0.0546. The topological polar surface area (TPSA) is 50.4 Å². The zero-order valence-electron chi connectivity index (χ0n) is 12.9. The Bertz CT molecular complexity index is 473. The zero-order chi connectivity index (χ0) is 14.5. The van der Waals surface area contributed by atoms with Crippen LogP contribution in [0.3, 0.4) is 0 Å². The summed E-state index contributed by atoms with van der Waals surface area (Å²) in [7, 11) is 1.66. The minimum absolute atomic E-state index is 0. The van der Waals surface area contributed by atoms with Crippen molar-refractivity contribution in [1.82, 2.24) is 10.6 Å². The van der Waals surface area contributed by atoms with E-state index in [0.29, 0.717) is 0 Å². The standard InChI is InChI=1S/C16H24N2O2.ClH/c1-11-7-8-15(20-3)13(10-11)12(2)18-16(19)14-6-4-5-9-17-14;/h7-8,10,12,14,17H,4-6,9H2,1-3H3,(H,18,19);1H/t12?,14-;/m0./s1. The third-order valence-electron chi connectivity index (χ3n) is 3.84. The van der Waals surface area contributed by atoms with E-state index in [1.54, 1.807) is 7.11 Å². The highest BCUT2D eigenvalue weighted by Crippen LogP contribution is 2.26. The molecule has 0 aliphatic carbocycles. The van der Waals surface area contributed by atoms with Gasteiger partial charge in [-0.3, -0.25) is 4.79 Å². The number of nitrogens with one attached hydrogen (secondary N) is 2. The molecule has 1 fully saturated rings. The van der Waals surface area contributed by atoms with Crippen molar-refractivity contribution in [1.29, 1.82) is 0 Å². The fourth-order valence-electron chi connectivity index (χ4n) is 2.66. The maximum absolute atomic E-state index is 12.3. The molecule has 0 radical (unpaired) electrons. The second-order valence-corrected chi connectivity index (χ2v) is 5.48. The lowest BCUT2D eigenvalue weighted by molar-refractivity contribution is -0.124. The van der Waals surface area contributed by atoms with E-state index in [1.807, 2.05) is 26.0 Å². The van der Waals surface area contributed by atoms with Gasteiger partial charge in [0.15, 0.2) is 0 Å². The Hall–Kier alpha value is -1.26. The SMILES string of the molecule is COc1ccc(C)cc1C(C)NC(=O)[C@@H]1CCCCN1.Cl. The first-order chi connectivity index (χ1) is 9.61. The largest absolute Gasteiger partial charge is 0.496 e. The first-order valence-electron chi connectivity index (χ1n) is 7.30. The van der Waals surface area contributed by atoms with Crippen LogP contribution < -0.4 is 15.4 Å². The Labute approximate surface area is 133 Å². The van der Waals surface area contributed by atoms with Crippen molar-refractivity contribution in [2.45, 2.75) is 45.2 Å². The third-order valence-corrected chi connectivity index (χ3v) is 3.84. The first kappa shape index (κ1) is 17.8.